The number of hydrogen-bond donors (Lipinski definition) is 1. The molecule has 1 aromatic carbocycles. The molecule has 0 amide bonds. The van der Waals surface area contributed by atoms with Crippen molar-refractivity contribution < 1.29 is 4.74 Å². The molecule has 0 bridgehead atoms. The molecular weight excluding hydrogens is 265 g/mol. The Morgan fingerprint density at radius 2 is 2.29 bits per heavy atom. The third-order valence-electron chi connectivity index (χ3n) is 1.62. The maximum absolute atomic E-state index is 5.40. The van der Waals surface area contributed by atoms with Crippen LogP contribution in [0.25, 0.3) is 0 Å². The highest BCUT2D eigenvalue weighted by atomic mass is 79.9. The highest BCUT2D eigenvalue weighted by Crippen LogP contribution is 2.24. The normalized spacial score (nSPS) is 10.5. The van der Waals surface area contributed by atoms with Gasteiger partial charge >= 0.3 is 0 Å². The van der Waals surface area contributed by atoms with E-state index in [-0.39, 0.29) is 0 Å². The zero-order chi connectivity index (χ0) is 10.4. The van der Waals surface area contributed by atoms with Crippen LogP contribution in [0.3, 0.4) is 0 Å². The third kappa shape index (κ3) is 3.60. The number of benzene rings is 1. The number of rotatable bonds is 4. The molecule has 0 saturated carbocycles. The third-order valence-corrected chi connectivity index (χ3v) is 2.26. The molecule has 0 aliphatic rings. The predicted octanol–water partition coefficient (Wildman–Crippen LogP) is 3.62. The molecule has 0 spiro atoms. The minimum absolute atomic E-state index is 0.698. The molecule has 0 radical (unpaired) electrons. The molecule has 0 heterocycles. The second-order valence-electron chi connectivity index (χ2n) is 2.62. The van der Waals surface area contributed by atoms with Gasteiger partial charge in [-0.2, -0.15) is 0 Å². The van der Waals surface area contributed by atoms with Gasteiger partial charge in [0.2, 0.25) is 0 Å². The lowest BCUT2D eigenvalue weighted by Gasteiger charge is -2.06. The van der Waals surface area contributed by atoms with Crippen LogP contribution in [0.4, 0.5) is 5.69 Å². The van der Waals surface area contributed by atoms with E-state index in [4.69, 9.17) is 16.3 Å². The Kier molecular flexibility index (Phi) is 4.84. The summed E-state index contributed by atoms with van der Waals surface area (Å²) in [5.41, 5.74) is 2.48. The zero-order valence-electron chi connectivity index (χ0n) is 7.76. The molecule has 4 heteroatoms. The minimum Gasteiger partial charge on any atom is -0.497 e. The summed E-state index contributed by atoms with van der Waals surface area (Å²) in [5.74, 6) is 0.816. The van der Waals surface area contributed by atoms with Crippen molar-refractivity contribution in [3.63, 3.8) is 0 Å². The van der Waals surface area contributed by atoms with E-state index in [2.05, 4.69) is 21.2 Å². The van der Waals surface area contributed by atoms with Crippen LogP contribution in [0.1, 0.15) is 0 Å². The summed E-state index contributed by atoms with van der Waals surface area (Å²) in [4.78, 5) is 0. The largest absolute Gasteiger partial charge is 0.497 e. The van der Waals surface area contributed by atoms with E-state index < -0.39 is 0 Å². The molecule has 0 atom stereocenters. The topological polar surface area (TPSA) is 21.3 Å². The van der Waals surface area contributed by atoms with E-state index in [0.717, 1.165) is 15.9 Å². The maximum atomic E-state index is 5.40. The molecule has 14 heavy (non-hydrogen) atoms. The maximum Gasteiger partial charge on any atom is 0.122 e. The molecule has 0 unspecified atom stereocenters. The number of methoxy groups -OCH3 is 1. The summed E-state index contributed by atoms with van der Waals surface area (Å²) in [5, 5.41) is 3.18. The van der Waals surface area contributed by atoms with Crippen LogP contribution >= 0.6 is 27.5 Å². The molecule has 1 N–H and O–H groups in total. The van der Waals surface area contributed by atoms with E-state index in [1.54, 1.807) is 7.11 Å². The van der Waals surface area contributed by atoms with Crippen molar-refractivity contribution in [1.29, 1.82) is 0 Å². The highest BCUT2D eigenvalue weighted by molar-refractivity contribution is 9.10. The summed E-state index contributed by atoms with van der Waals surface area (Å²) in [6.45, 7) is 0.698. The van der Waals surface area contributed by atoms with Gasteiger partial charge in [-0.25, -0.2) is 0 Å². The van der Waals surface area contributed by atoms with E-state index >= 15 is 0 Å². The predicted molar refractivity (Wildman–Crippen MR) is 64.2 cm³/mol. The van der Waals surface area contributed by atoms with Gasteiger partial charge in [0.1, 0.15) is 5.75 Å². The van der Waals surface area contributed by atoms with Crippen molar-refractivity contribution in [1.82, 2.24) is 0 Å². The average Bonchev–Trinajstić information content (AvgIpc) is 2.17. The Balaban J connectivity index is 2.71. The Bertz CT molecular complexity index is 328. The highest BCUT2D eigenvalue weighted by Gasteiger charge is 1.97. The van der Waals surface area contributed by atoms with Crippen molar-refractivity contribution in [3.05, 3.63) is 34.3 Å². The van der Waals surface area contributed by atoms with Crippen LogP contribution in [0.2, 0.25) is 0 Å². The fourth-order valence-electron chi connectivity index (χ4n) is 1.00. The first kappa shape index (κ1) is 11.4. The van der Waals surface area contributed by atoms with Gasteiger partial charge in [0.25, 0.3) is 0 Å². The van der Waals surface area contributed by atoms with Gasteiger partial charge in [0.05, 0.1) is 7.11 Å². The molecule has 1 aromatic rings. The van der Waals surface area contributed by atoms with E-state index in [1.807, 2.05) is 24.3 Å². The summed E-state index contributed by atoms with van der Waals surface area (Å²) >= 11 is 8.80. The van der Waals surface area contributed by atoms with Crippen LogP contribution in [0.5, 0.6) is 5.75 Å². The summed E-state index contributed by atoms with van der Waals surface area (Å²) in [6.07, 6.45) is 1.83. The zero-order valence-corrected chi connectivity index (χ0v) is 10.1. The molecule has 0 fully saturated rings. The molecule has 0 saturated heterocycles. The summed E-state index contributed by atoms with van der Waals surface area (Å²) in [6, 6.07) is 5.81. The van der Waals surface area contributed by atoms with Gasteiger partial charge in [-0.3, -0.25) is 0 Å². The van der Waals surface area contributed by atoms with Crippen molar-refractivity contribution in [2.45, 2.75) is 0 Å². The fraction of sp³-hybridized carbons (Fsp3) is 0.200. The SMILES string of the molecule is COc1cc(Br)cc(NC/C=C/Cl)c1. The number of anilines is 1. The van der Waals surface area contributed by atoms with Crippen LogP contribution < -0.4 is 10.1 Å². The number of ether oxygens (including phenoxy) is 1. The smallest absolute Gasteiger partial charge is 0.122 e. The second kappa shape index (κ2) is 5.94. The van der Waals surface area contributed by atoms with Gasteiger partial charge in [-0.1, -0.05) is 33.6 Å². The lowest BCUT2D eigenvalue weighted by Crippen LogP contribution is -1.98. The minimum atomic E-state index is 0.698. The summed E-state index contributed by atoms with van der Waals surface area (Å²) < 4.78 is 6.11. The Morgan fingerprint density at radius 3 is 2.93 bits per heavy atom. The molecule has 0 aromatic heterocycles. The molecule has 0 aliphatic carbocycles. The van der Waals surface area contributed by atoms with Crippen molar-refractivity contribution in [2.75, 3.05) is 19.0 Å². The Morgan fingerprint density at radius 1 is 1.50 bits per heavy atom. The number of hydrogen-bond acceptors (Lipinski definition) is 2. The first-order valence-corrected chi connectivity index (χ1v) is 5.33. The van der Waals surface area contributed by atoms with E-state index in [0.29, 0.717) is 6.54 Å². The quantitative estimate of drug-likeness (QED) is 0.907. The Hall–Kier alpha value is -0.670. The van der Waals surface area contributed by atoms with Crippen LogP contribution in [0, 0.1) is 0 Å². The molecule has 2 nitrogen and oxygen atoms in total. The molecule has 1 rings (SSSR count). The van der Waals surface area contributed by atoms with Gasteiger partial charge in [0, 0.05) is 28.3 Å². The van der Waals surface area contributed by atoms with Gasteiger partial charge in [0.15, 0.2) is 0 Å². The van der Waals surface area contributed by atoms with Crippen molar-refractivity contribution in [2.24, 2.45) is 0 Å². The van der Waals surface area contributed by atoms with Gasteiger partial charge in [-0.15, -0.1) is 0 Å². The first-order chi connectivity index (χ1) is 6.76. The Labute approximate surface area is 97.0 Å². The summed E-state index contributed by atoms with van der Waals surface area (Å²) in [7, 11) is 1.64. The van der Waals surface area contributed by atoms with E-state index in [9.17, 15) is 0 Å². The lowest BCUT2D eigenvalue weighted by molar-refractivity contribution is 0.414. The monoisotopic (exact) mass is 275 g/mol. The second-order valence-corrected chi connectivity index (χ2v) is 3.79. The average molecular weight is 277 g/mol. The van der Waals surface area contributed by atoms with Crippen LogP contribution in [-0.4, -0.2) is 13.7 Å². The fourth-order valence-corrected chi connectivity index (χ4v) is 1.57. The van der Waals surface area contributed by atoms with Crippen LogP contribution in [0.15, 0.2) is 34.3 Å². The molecule has 0 aliphatic heterocycles. The van der Waals surface area contributed by atoms with Crippen LogP contribution in [-0.2, 0) is 0 Å². The van der Waals surface area contributed by atoms with Crippen molar-refractivity contribution >= 4 is 33.2 Å². The van der Waals surface area contributed by atoms with E-state index in [1.165, 1.54) is 5.54 Å². The number of halogens is 2. The lowest BCUT2D eigenvalue weighted by atomic mass is 10.3. The van der Waals surface area contributed by atoms with Crippen molar-refractivity contribution in [3.8, 4) is 5.75 Å². The number of nitrogens with one attached hydrogen (secondary N) is 1. The molecular formula is C10H11BrClNO. The molecule has 76 valence electrons. The van der Waals surface area contributed by atoms with Gasteiger partial charge in [-0.05, 0) is 12.1 Å². The standard InChI is InChI=1S/C10H11BrClNO/c1-14-10-6-8(11)5-9(7-10)13-4-2-3-12/h2-3,5-7,13H,4H2,1H3/b3-2+. The van der Waals surface area contributed by atoms with Gasteiger partial charge < -0.3 is 10.1 Å². The first-order valence-electron chi connectivity index (χ1n) is 4.10.